The van der Waals surface area contributed by atoms with Crippen molar-refractivity contribution in [2.75, 3.05) is 6.61 Å². The zero-order valence-corrected chi connectivity index (χ0v) is 17.0. The minimum Gasteiger partial charge on any atom is -0.484 e. The molecule has 0 unspecified atom stereocenters. The summed E-state index contributed by atoms with van der Waals surface area (Å²) in [6.45, 7) is 11.2. The molecule has 4 heteroatoms. The zero-order valence-electron chi connectivity index (χ0n) is 17.0. The average molecular weight is 367 g/mol. The molecular formula is C23H30N2O2. The second kappa shape index (κ2) is 8.85. The second-order valence-electron chi connectivity index (χ2n) is 8.64. The van der Waals surface area contributed by atoms with Crippen molar-refractivity contribution in [1.82, 2.24) is 5.43 Å². The molecule has 27 heavy (non-hydrogen) atoms. The van der Waals surface area contributed by atoms with Crippen LogP contribution in [0.3, 0.4) is 0 Å². The van der Waals surface area contributed by atoms with E-state index in [1.165, 1.54) is 5.56 Å². The summed E-state index contributed by atoms with van der Waals surface area (Å²) in [6, 6.07) is 17.6. The van der Waals surface area contributed by atoms with Crippen molar-refractivity contribution in [3.8, 4) is 5.75 Å². The van der Waals surface area contributed by atoms with Crippen LogP contribution in [0.1, 0.15) is 52.2 Å². The Kier molecular flexibility index (Phi) is 6.78. The van der Waals surface area contributed by atoms with E-state index in [-0.39, 0.29) is 23.3 Å². The SMILES string of the molecule is CC(C)(C)CC(C)(C)c1ccc(OCC(=O)NN=Cc2ccccc2)cc1. The first-order chi connectivity index (χ1) is 12.7. The van der Waals surface area contributed by atoms with E-state index < -0.39 is 0 Å². The van der Waals surface area contributed by atoms with Crippen molar-refractivity contribution in [2.45, 2.75) is 46.5 Å². The summed E-state index contributed by atoms with van der Waals surface area (Å²) in [6.07, 6.45) is 2.69. The van der Waals surface area contributed by atoms with Gasteiger partial charge in [0.2, 0.25) is 0 Å². The minimum absolute atomic E-state index is 0.0726. The van der Waals surface area contributed by atoms with Gasteiger partial charge in [0.1, 0.15) is 5.75 Å². The average Bonchev–Trinajstić information content (AvgIpc) is 2.59. The third kappa shape index (κ3) is 7.26. The molecule has 0 fully saturated rings. The Bertz CT molecular complexity index is 757. The Morgan fingerprint density at radius 2 is 1.63 bits per heavy atom. The van der Waals surface area contributed by atoms with E-state index >= 15 is 0 Å². The third-order valence-corrected chi connectivity index (χ3v) is 4.18. The monoisotopic (exact) mass is 366 g/mol. The molecule has 0 bridgehead atoms. The summed E-state index contributed by atoms with van der Waals surface area (Å²) in [5, 5.41) is 3.93. The molecule has 0 saturated heterocycles. The summed E-state index contributed by atoms with van der Waals surface area (Å²) in [5.41, 5.74) is 5.00. The van der Waals surface area contributed by atoms with Gasteiger partial charge in [0.15, 0.2) is 6.61 Å². The minimum atomic E-state index is -0.292. The normalized spacial score (nSPS) is 12.2. The van der Waals surface area contributed by atoms with E-state index in [0.717, 1.165) is 12.0 Å². The predicted octanol–water partition coefficient (Wildman–Crippen LogP) is 4.93. The number of ether oxygens (including phenoxy) is 1. The second-order valence-corrected chi connectivity index (χ2v) is 8.64. The molecule has 0 saturated carbocycles. The van der Waals surface area contributed by atoms with Gasteiger partial charge in [-0.05, 0) is 40.5 Å². The van der Waals surface area contributed by atoms with Crippen LogP contribution in [0.2, 0.25) is 0 Å². The number of carbonyl (C=O) groups is 1. The molecule has 0 aliphatic carbocycles. The lowest BCUT2D eigenvalue weighted by Crippen LogP contribution is -2.25. The van der Waals surface area contributed by atoms with E-state index in [4.69, 9.17) is 4.74 Å². The molecule has 1 N–H and O–H groups in total. The predicted molar refractivity (Wildman–Crippen MR) is 111 cm³/mol. The largest absolute Gasteiger partial charge is 0.484 e. The molecular weight excluding hydrogens is 336 g/mol. The number of nitrogens with zero attached hydrogens (tertiary/aromatic N) is 1. The highest BCUT2D eigenvalue weighted by molar-refractivity contribution is 5.82. The van der Waals surface area contributed by atoms with Crippen LogP contribution >= 0.6 is 0 Å². The topological polar surface area (TPSA) is 50.7 Å². The van der Waals surface area contributed by atoms with Gasteiger partial charge in [-0.3, -0.25) is 4.79 Å². The fourth-order valence-corrected chi connectivity index (χ4v) is 3.33. The smallest absolute Gasteiger partial charge is 0.277 e. The van der Waals surface area contributed by atoms with Crippen LogP contribution in [0.15, 0.2) is 59.7 Å². The molecule has 0 aliphatic heterocycles. The summed E-state index contributed by atoms with van der Waals surface area (Å²) >= 11 is 0. The summed E-state index contributed by atoms with van der Waals surface area (Å²) < 4.78 is 5.55. The highest BCUT2D eigenvalue weighted by Gasteiger charge is 2.27. The van der Waals surface area contributed by atoms with Gasteiger partial charge in [0.25, 0.3) is 5.91 Å². The number of benzene rings is 2. The van der Waals surface area contributed by atoms with Crippen LogP contribution in [0.5, 0.6) is 5.75 Å². The van der Waals surface area contributed by atoms with Gasteiger partial charge in [-0.1, -0.05) is 77.1 Å². The van der Waals surface area contributed by atoms with Crippen molar-refractivity contribution in [3.63, 3.8) is 0 Å². The first-order valence-corrected chi connectivity index (χ1v) is 9.26. The van der Waals surface area contributed by atoms with E-state index in [2.05, 4.69) is 57.3 Å². The Labute approximate surface area is 162 Å². The number of amides is 1. The maximum atomic E-state index is 11.8. The maximum absolute atomic E-state index is 11.8. The number of rotatable bonds is 7. The molecule has 1 amide bonds. The van der Waals surface area contributed by atoms with Gasteiger partial charge >= 0.3 is 0 Å². The fraction of sp³-hybridized carbons (Fsp3) is 0.391. The van der Waals surface area contributed by atoms with Crippen LogP contribution in [-0.2, 0) is 10.2 Å². The third-order valence-electron chi connectivity index (χ3n) is 4.18. The standard InChI is InChI=1S/C23H30N2O2/c1-22(2,3)17-23(4,5)19-11-13-20(14-12-19)27-16-21(26)25-24-15-18-9-7-6-8-10-18/h6-15H,16-17H2,1-5H3,(H,25,26). The molecule has 2 aromatic rings. The number of hydrazone groups is 1. The van der Waals surface area contributed by atoms with Crippen LogP contribution in [0, 0.1) is 5.41 Å². The molecule has 0 heterocycles. The zero-order chi connectivity index (χ0) is 19.9. The number of nitrogens with one attached hydrogen (secondary N) is 1. The number of carbonyl (C=O) groups excluding carboxylic acids is 1. The van der Waals surface area contributed by atoms with Crippen molar-refractivity contribution in [3.05, 3.63) is 65.7 Å². The molecule has 2 rings (SSSR count). The summed E-state index contributed by atoms with van der Waals surface area (Å²) in [7, 11) is 0. The fourth-order valence-electron chi connectivity index (χ4n) is 3.33. The van der Waals surface area contributed by atoms with Crippen molar-refractivity contribution in [1.29, 1.82) is 0 Å². The molecule has 2 aromatic carbocycles. The number of hydrogen-bond acceptors (Lipinski definition) is 3. The molecule has 0 aromatic heterocycles. The van der Waals surface area contributed by atoms with Gasteiger partial charge in [-0.15, -0.1) is 0 Å². The molecule has 0 radical (unpaired) electrons. The summed E-state index contributed by atoms with van der Waals surface area (Å²) in [5.74, 6) is 0.381. The Morgan fingerprint density at radius 3 is 2.22 bits per heavy atom. The van der Waals surface area contributed by atoms with Gasteiger partial charge in [0.05, 0.1) is 6.21 Å². The van der Waals surface area contributed by atoms with Crippen LogP contribution in [0.4, 0.5) is 0 Å². The molecule has 0 atom stereocenters. The Hall–Kier alpha value is -2.62. The molecule has 144 valence electrons. The first kappa shape index (κ1) is 20.7. The van der Waals surface area contributed by atoms with Crippen LogP contribution < -0.4 is 10.2 Å². The quantitative estimate of drug-likeness (QED) is 0.558. The van der Waals surface area contributed by atoms with E-state index in [9.17, 15) is 4.79 Å². The maximum Gasteiger partial charge on any atom is 0.277 e. The van der Waals surface area contributed by atoms with Crippen molar-refractivity contribution >= 4 is 12.1 Å². The van der Waals surface area contributed by atoms with Crippen LogP contribution in [0.25, 0.3) is 0 Å². The Morgan fingerprint density at radius 1 is 1.00 bits per heavy atom. The highest BCUT2D eigenvalue weighted by atomic mass is 16.5. The number of hydrogen-bond donors (Lipinski definition) is 1. The van der Waals surface area contributed by atoms with Gasteiger partial charge < -0.3 is 4.74 Å². The lowest BCUT2D eigenvalue weighted by Gasteiger charge is -2.33. The van der Waals surface area contributed by atoms with Crippen LogP contribution in [-0.4, -0.2) is 18.7 Å². The molecule has 0 aliphatic rings. The van der Waals surface area contributed by atoms with Gasteiger partial charge in [-0.25, -0.2) is 5.43 Å². The lowest BCUT2D eigenvalue weighted by molar-refractivity contribution is -0.123. The van der Waals surface area contributed by atoms with Crippen molar-refractivity contribution in [2.24, 2.45) is 10.5 Å². The lowest BCUT2D eigenvalue weighted by atomic mass is 9.72. The summed E-state index contributed by atoms with van der Waals surface area (Å²) in [4.78, 5) is 11.8. The van der Waals surface area contributed by atoms with Gasteiger partial charge in [-0.2, -0.15) is 5.10 Å². The Balaban J connectivity index is 1.84. The van der Waals surface area contributed by atoms with E-state index in [1.807, 2.05) is 42.5 Å². The first-order valence-electron chi connectivity index (χ1n) is 9.26. The highest BCUT2D eigenvalue weighted by Crippen LogP contribution is 2.36. The van der Waals surface area contributed by atoms with Gasteiger partial charge in [0, 0.05) is 0 Å². The van der Waals surface area contributed by atoms with E-state index in [0.29, 0.717) is 5.75 Å². The molecule has 0 spiro atoms. The van der Waals surface area contributed by atoms with Crippen molar-refractivity contribution < 1.29 is 9.53 Å². The molecule has 4 nitrogen and oxygen atoms in total. The van der Waals surface area contributed by atoms with E-state index in [1.54, 1.807) is 6.21 Å².